The third-order valence-electron chi connectivity index (χ3n) is 10.6. The van der Waals surface area contributed by atoms with Gasteiger partial charge in [0.25, 0.3) is 0 Å². The lowest BCUT2D eigenvalue weighted by Gasteiger charge is -2.34. The Labute approximate surface area is 323 Å². The van der Waals surface area contributed by atoms with Gasteiger partial charge in [0.2, 0.25) is 23.6 Å². The molecule has 4 aromatic carbocycles. The van der Waals surface area contributed by atoms with Crippen molar-refractivity contribution in [2.24, 2.45) is 0 Å². The summed E-state index contributed by atoms with van der Waals surface area (Å²) >= 11 is 0. The van der Waals surface area contributed by atoms with Gasteiger partial charge in [-0.2, -0.15) is 0 Å². The van der Waals surface area contributed by atoms with E-state index in [1.165, 1.54) is 24.3 Å². The summed E-state index contributed by atoms with van der Waals surface area (Å²) in [5, 5.41) is 29.9. The number of anilines is 4. The summed E-state index contributed by atoms with van der Waals surface area (Å²) in [6.07, 6.45) is -0.369. The lowest BCUT2D eigenvalue weighted by Crippen LogP contribution is -2.53. The van der Waals surface area contributed by atoms with Gasteiger partial charge in [-0.25, -0.2) is 9.59 Å². The van der Waals surface area contributed by atoms with Crippen molar-refractivity contribution < 1.29 is 39.0 Å². The zero-order valence-electron chi connectivity index (χ0n) is 31.1. The summed E-state index contributed by atoms with van der Waals surface area (Å²) in [5.74, 6) is -1.23. The van der Waals surface area contributed by atoms with Gasteiger partial charge in [-0.05, 0) is 74.9 Å². The molecule has 0 radical (unpaired) electrons. The first-order chi connectivity index (χ1) is 26.8. The minimum atomic E-state index is -1.40. The molecule has 0 spiro atoms. The molecule has 0 bridgehead atoms. The quantitative estimate of drug-likeness (QED) is 0.0976. The van der Waals surface area contributed by atoms with Crippen molar-refractivity contribution in [1.29, 1.82) is 0 Å². The molecule has 2 atom stereocenters. The molecule has 6 amide bonds. The zero-order valence-corrected chi connectivity index (χ0v) is 31.1. The van der Waals surface area contributed by atoms with Crippen LogP contribution in [0.15, 0.2) is 97.1 Å². The van der Waals surface area contributed by atoms with E-state index < -0.39 is 35.1 Å². The summed E-state index contributed by atoms with van der Waals surface area (Å²) in [6.45, 7) is 4.25. The first-order valence-corrected chi connectivity index (χ1v) is 18.4. The second-order valence-electron chi connectivity index (χ2n) is 14.5. The van der Waals surface area contributed by atoms with E-state index in [0.717, 1.165) is 11.1 Å². The highest BCUT2D eigenvalue weighted by Crippen LogP contribution is 2.39. The summed E-state index contributed by atoms with van der Waals surface area (Å²) in [7, 11) is 0. The van der Waals surface area contributed by atoms with Crippen LogP contribution in [-0.2, 0) is 32.0 Å². The molecule has 0 saturated carbocycles. The summed E-state index contributed by atoms with van der Waals surface area (Å²) in [4.78, 5) is 81.3. The van der Waals surface area contributed by atoms with Crippen molar-refractivity contribution in [3.63, 3.8) is 0 Å². The number of carbonyl (C=O) groups excluding carboxylic acids is 4. The number of carbonyl (C=O) groups is 6. The van der Waals surface area contributed by atoms with E-state index in [1.807, 2.05) is 60.7 Å². The first kappa shape index (κ1) is 39.0. The van der Waals surface area contributed by atoms with Crippen molar-refractivity contribution in [1.82, 2.24) is 9.80 Å². The highest BCUT2D eigenvalue weighted by Gasteiger charge is 2.46. The molecule has 0 aliphatic carbocycles. The summed E-state index contributed by atoms with van der Waals surface area (Å²) in [6, 6.07) is 27.5. The Kier molecular flexibility index (Phi) is 11.4. The van der Waals surface area contributed by atoms with E-state index in [-0.39, 0.29) is 58.5 Å². The fourth-order valence-corrected chi connectivity index (χ4v) is 7.61. The van der Waals surface area contributed by atoms with E-state index in [9.17, 15) is 39.0 Å². The molecule has 2 aliphatic heterocycles. The number of nitrogens with zero attached hydrogens (tertiary/aromatic N) is 2. The van der Waals surface area contributed by atoms with Gasteiger partial charge in [0.15, 0.2) is 0 Å². The van der Waals surface area contributed by atoms with E-state index in [2.05, 4.69) is 21.3 Å². The van der Waals surface area contributed by atoms with Crippen LogP contribution < -0.4 is 21.3 Å². The van der Waals surface area contributed by atoms with Gasteiger partial charge < -0.3 is 30.6 Å². The van der Waals surface area contributed by atoms with Gasteiger partial charge in [0, 0.05) is 35.6 Å². The van der Waals surface area contributed by atoms with Crippen molar-refractivity contribution in [2.75, 3.05) is 34.4 Å². The topological polar surface area (TPSA) is 197 Å². The number of carboxylic acid groups (broad SMARTS) is 2. The van der Waals surface area contributed by atoms with Crippen LogP contribution in [-0.4, -0.2) is 80.0 Å². The Morgan fingerprint density at radius 1 is 0.554 bits per heavy atom. The predicted molar refractivity (Wildman–Crippen MR) is 211 cm³/mol. The molecule has 2 saturated heterocycles. The SMILES string of the molecule is CC1(C(=O)Nc2ccc(-c3ccc(NC(=O)C4(C)CCCN4C(=O)Cc4ccccc4)cc3NC(=O)O)c(NC(=O)O)c2)CCCN1C(=O)Cc1ccccc1. The van der Waals surface area contributed by atoms with Crippen LogP contribution in [0.25, 0.3) is 11.1 Å². The summed E-state index contributed by atoms with van der Waals surface area (Å²) < 4.78 is 0. The number of likely N-dealkylation sites (tertiary alicyclic amines) is 2. The van der Waals surface area contributed by atoms with E-state index in [0.29, 0.717) is 38.8 Å². The Morgan fingerprint density at radius 2 is 0.929 bits per heavy atom. The Bertz CT molecular complexity index is 2010. The van der Waals surface area contributed by atoms with Crippen molar-refractivity contribution >= 4 is 58.6 Å². The van der Waals surface area contributed by atoms with Gasteiger partial charge in [-0.3, -0.25) is 29.8 Å². The zero-order chi connectivity index (χ0) is 40.0. The standard InChI is InChI=1S/C42H44N6O8/c1-41(19-9-21-47(41)35(49)23-27-11-5-3-6-12-27)37(51)43-29-15-17-31(33(25-29)45-39(53)54)32-18-16-30(26-34(32)46-40(55)56)44-38(52)42(2)20-10-22-48(42)36(50)24-28-13-7-4-8-14-28/h3-8,11-18,25-26,45-46H,9-10,19-24H2,1-2H3,(H,43,51)(H,44,52)(H,53,54)(H,55,56). The maximum atomic E-state index is 13.8. The Balaban J connectivity index is 1.23. The molecule has 2 aliphatic rings. The van der Waals surface area contributed by atoms with Gasteiger partial charge in [0.1, 0.15) is 11.1 Å². The maximum absolute atomic E-state index is 13.8. The highest BCUT2D eigenvalue weighted by molar-refractivity contribution is 6.05. The lowest BCUT2D eigenvalue weighted by molar-refractivity contribution is -0.141. The average molecular weight is 761 g/mol. The molecule has 290 valence electrons. The van der Waals surface area contributed by atoms with Gasteiger partial charge in [-0.1, -0.05) is 72.8 Å². The molecular formula is C42H44N6O8. The lowest BCUT2D eigenvalue weighted by atomic mass is 9.95. The van der Waals surface area contributed by atoms with E-state index in [4.69, 9.17) is 0 Å². The fourth-order valence-electron chi connectivity index (χ4n) is 7.61. The molecule has 14 nitrogen and oxygen atoms in total. The molecule has 0 aromatic heterocycles. The molecule has 6 rings (SSSR count). The third kappa shape index (κ3) is 8.49. The minimum absolute atomic E-state index is 0.0418. The molecule has 56 heavy (non-hydrogen) atoms. The first-order valence-electron chi connectivity index (χ1n) is 18.4. The normalized spacial score (nSPS) is 18.9. The van der Waals surface area contributed by atoms with Crippen LogP contribution in [0.2, 0.25) is 0 Å². The molecule has 2 fully saturated rings. The molecule has 2 unspecified atom stereocenters. The largest absolute Gasteiger partial charge is 0.465 e. The molecular weight excluding hydrogens is 716 g/mol. The van der Waals surface area contributed by atoms with Crippen molar-refractivity contribution in [3.05, 3.63) is 108 Å². The van der Waals surface area contributed by atoms with Gasteiger partial charge in [0.05, 0.1) is 24.2 Å². The Hall–Kier alpha value is -6.70. The van der Waals surface area contributed by atoms with Crippen molar-refractivity contribution in [2.45, 2.75) is 63.5 Å². The number of hydrogen-bond acceptors (Lipinski definition) is 6. The third-order valence-corrected chi connectivity index (χ3v) is 10.6. The molecule has 4 aromatic rings. The Morgan fingerprint density at radius 3 is 1.29 bits per heavy atom. The highest BCUT2D eigenvalue weighted by atomic mass is 16.4. The summed E-state index contributed by atoms with van der Waals surface area (Å²) in [5.41, 5.74) is 0.508. The minimum Gasteiger partial charge on any atom is -0.465 e. The second kappa shape index (κ2) is 16.3. The van der Waals surface area contributed by atoms with Crippen LogP contribution in [0.5, 0.6) is 0 Å². The number of nitrogens with one attached hydrogen (secondary N) is 4. The number of amides is 6. The van der Waals surface area contributed by atoms with Crippen molar-refractivity contribution in [3.8, 4) is 11.1 Å². The van der Waals surface area contributed by atoms with E-state index >= 15 is 0 Å². The smallest absolute Gasteiger partial charge is 0.409 e. The van der Waals surface area contributed by atoms with Crippen LogP contribution >= 0.6 is 0 Å². The predicted octanol–water partition coefficient (Wildman–Crippen LogP) is 6.66. The number of hydrogen-bond donors (Lipinski definition) is 6. The maximum Gasteiger partial charge on any atom is 0.409 e. The van der Waals surface area contributed by atoms with Gasteiger partial charge >= 0.3 is 12.2 Å². The molecule has 14 heteroatoms. The number of benzene rings is 4. The second-order valence-corrected chi connectivity index (χ2v) is 14.5. The average Bonchev–Trinajstić information content (AvgIpc) is 3.76. The molecule has 6 N–H and O–H groups in total. The van der Waals surface area contributed by atoms with E-state index in [1.54, 1.807) is 35.8 Å². The monoisotopic (exact) mass is 760 g/mol. The van der Waals surface area contributed by atoms with Crippen LogP contribution in [0.1, 0.15) is 50.7 Å². The number of rotatable bonds is 11. The van der Waals surface area contributed by atoms with Crippen LogP contribution in [0, 0.1) is 0 Å². The van der Waals surface area contributed by atoms with Crippen LogP contribution in [0.3, 0.4) is 0 Å². The molecule has 2 heterocycles. The fraction of sp³-hybridized carbons (Fsp3) is 0.286. The van der Waals surface area contributed by atoms with Crippen LogP contribution in [0.4, 0.5) is 32.3 Å². The van der Waals surface area contributed by atoms with Gasteiger partial charge in [-0.15, -0.1) is 0 Å².